The topological polar surface area (TPSA) is 143 Å². The number of hydrogen-bond donors (Lipinski definition) is 0. The molecule has 0 aliphatic heterocycles. The maximum absolute atomic E-state index is 8.58. The van der Waals surface area contributed by atoms with E-state index in [4.69, 9.17) is 31.6 Å². The summed E-state index contributed by atoms with van der Waals surface area (Å²) in [6.45, 7) is 0. The van der Waals surface area contributed by atoms with Crippen molar-refractivity contribution in [3.05, 3.63) is 364 Å². The molecule has 0 aromatic heterocycles. The molecule has 0 unspecified atom stereocenters. The Hall–Kier alpha value is -10.2. The Kier molecular flexibility index (Phi) is 20.0. The third-order valence-corrected chi connectivity index (χ3v) is 45.6. The molecule has 0 heterocycles. The van der Waals surface area contributed by atoms with Gasteiger partial charge in [-0.05, 0) is 0 Å². The maximum atomic E-state index is 8.58. The van der Waals surface area contributed by atoms with Gasteiger partial charge in [0, 0.05) is 0 Å². The number of rotatable bonds is 12. The van der Waals surface area contributed by atoms with E-state index in [1.807, 2.05) is 0 Å². The summed E-state index contributed by atoms with van der Waals surface area (Å²) in [6, 6.07) is 133. The molecule has 88 heavy (non-hydrogen) atoms. The van der Waals surface area contributed by atoms with Crippen molar-refractivity contribution < 1.29 is 10.7 Å². The van der Waals surface area contributed by atoms with Crippen LogP contribution in [-0.2, 0) is 10.7 Å². The number of benzene rings is 12. The number of nitriles is 6. The summed E-state index contributed by atoms with van der Waals surface area (Å²) in [5.41, 5.74) is 0. The molecule has 0 amide bonds. The van der Waals surface area contributed by atoms with Gasteiger partial charge in [-0.1, -0.05) is 0 Å². The predicted molar refractivity (Wildman–Crippen MR) is 364 cm³/mol. The Balaban J connectivity index is 0.000000143. The van der Waals surface area contributed by atoms with Crippen LogP contribution in [0.1, 0.15) is 0 Å². The molecule has 0 atom stereocenters. The fourth-order valence-corrected chi connectivity index (χ4v) is 38.4. The van der Waals surface area contributed by atoms with Gasteiger partial charge in [0.25, 0.3) is 0 Å². The first-order chi connectivity index (χ1) is 43.2. The van der Waals surface area contributed by atoms with Crippen LogP contribution in [0.5, 0.6) is 0 Å². The molecule has 0 saturated carbocycles. The average molecular weight is 1360 g/mol. The Bertz CT molecular complexity index is 3450. The van der Waals surface area contributed by atoms with E-state index in [1.165, 1.54) is 52.2 Å². The van der Waals surface area contributed by atoms with Gasteiger partial charge in [0.05, 0.1) is 0 Å². The summed E-state index contributed by atoms with van der Waals surface area (Å²) in [6.07, 6.45) is 0. The van der Waals surface area contributed by atoms with E-state index in [0.29, 0.717) is 0 Å². The van der Waals surface area contributed by atoms with Crippen molar-refractivity contribution in [3.63, 3.8) is 0 Å². The van der Waals surface area contributed by atoms with Crippen molar-refractivity contribution >= 4 is 92.9 Å². The molecule has 0 N–H and O–H groups in total. The molecule has 12 aromatic carbocycles. The van der Waals surface area contributed by atoms with Crippen LogP contribution in [0, 0.1) is 61.4 Å². The first-order valence-electron chi connectivity index (χ1n) is 28.0. The zero-order valence-corrected chi connectivity index (χ0v) is 54.8. The van der Waals surface area contributed by atoms with Crippen LogP contribution in [0.15, 0.2) is 364 Å². The predicted octanol–water partition coefficient (Wildman–Crippen LogP) is 9.29. The van der Waals surface area contributed by atoms with Gasteiger partial charge in [-0.3, -0.25) is 0 Å². The zero-order chi connectivity index (χ0) is 61.5. The quantitative estimate of drug-likeness (QED) is 0.112. The third-order valence-electron chi connectivity index (χ3n) is 14.9. The first kappa shape index (κ1) is 62.3. The van der Waals surface area contributed by atoms with Crippen molar-refractivity contribution in [2.24, 2.45) is 0 Å². The molecule has 0 radical (unpaired) electrons. The molecular weight excluding hydrogens is 1300 g/mol. The van der Waals surface area contributed by atoms with Gasteiger partial charge >= 0.3 is 529 Å². The second kappa shape index (κ2) is 28.3. The molecule has 12 rings (SSSR count). The summed E-state index contributed by atoms with van der Waals surface area (Å²) >= 11 is -8.30. The Morgan fingerprint density at radius 1 is 0.148 bits per heavy atom. The van der Waals surface area contributed by atoms with Gasteiger partial charge in [0.2, 0.25) is 0 Å². The second-order valence-corrected chi connectivity index (χ2v) is 46.9. The molecule has 12 aromatic rings. The Morgan fingerprint density at radius 2 is 0.227 bits per heavy atom. The molecule has 0 saturated heterocycles. The molecule has 425 valence electrons. The first-order valence-corrected chi connectivity index (χ1v) is 42.6. The zero-order valence-electron chi connectivity index (χ0n) is 48.0. The van der Waals surface area contributed by atoms with Crippen molar-refractivity contribution in [1.82, 2.24) is 0 Å². The van der Waals surface area contributed by atoms with E-state index < -0.39 is 51.4 Å². The van der Waals surface area contributed by atoms with Gasteiger partial charge < -0.3 is 0 Å². The fourth-order valence-electron chi connectivity index (χ4n) is 10.8. The Labute approximate surface area is 524 Å². The van der Waals surface area contributed by atoms with Crippen molar-refractivity contribution in [1.29, 1.82) is 31.6 Å². The number of nitrogens with zero attached hydrogens (tertiary/aromatic N) is 6. The van der Waals surface area contributed by atoms with Gasteiger partial charge in [-0.25, -0.2) is 0 Å². The molecule has 6 nitrogen and oxygen atoms in total. The monoisotopic (exact) mass is 1360 g/mol. The van der Waals surface area contributed by atoms with Crippen LogP contribution in [0.2, 0.25) is 0 Å². The van der Waals surface area contributed by atoms with Crippen molar-refractivity contribution in [3.8, 4) is 29.8 Å². The minimum atomic E-state index is -6.17. The third kappa shape index (κ3) is 12.0. The summed E-state index contributed by atoms with van der Waals surface area (Å²) < 4.78 is 17.4. The fraction of sp³-hybridized carbons (Fsp3) is 0. The van der Waals surface area contributed by atoms with Crippen LogP contribution in [0.25, 0.3) is 0 Å². The van der Waals surface area contributed by atoms with Crippen LogP contribution in [0.4, 0.5) is 0 Å². The standard InChI is InChI=1S/3C24H20As.6CN.Fe/c3*1-5-13-21(14-6-1)25(22-15-7-2-8-16-22,23-17-9-3-10-18-23)24-19-11-4-12-20-24;6*1-2;/h3*1-20H;;;;;;;/q3*+1;;;;;;;-3. The molecule has 0 bridgehead atoms. The summed E-state index contributed by atoms with van der Waals surface area (Å²) in [5, 5.41) is 51.5. The summed E-state index contributed by atoms with van der Waals surface area (Å²) in [4.78, 5) is 6.19. The van der Waals surface area contributed by atoms with Crippen LogP contribution < -0.4 is 52.2 Å². The van der Waals surface area contributed by atoms with E-state index >= 15 is 0 Å². The SMILES string of the molecule is N#[C][Fe-3]([C]#N)([C]#N)([C]#N)([C]#N)[C]#N.c1ccc([As+](c2ccccc2)(c2ccccc2)c2ccccc2)cc1.c1ccc([As+](c2ccccc2)(c2ccccc2)c2ccccc2)cc1.c1ccc([As+](c2ccccc2)(c2ccccc2)c2ccccc2)cc1. The van der Waals surface area contributed by atoms with Gasteiger partial charge in [-0.15, -0.1) is 0 Å². The Morgan fingerprint density at radius 3 is 0.284 bits per heavy atom. The number of hydrogen-bond acceptors (Lipinski definition) is 6. The molecule has 0 fully saturated rings. The van der Waals surface area contributed by atoms with Gasteiger partial charge in [0.1, 0.15) is 0 Å². The van der Waals surface area contributed by atoms with Crippen LogP contribution in [-0.4, -0.2) is 40.7 Å². The van der Waals surface area contributed by atoms with E-state index in [0.717, 1.165) is 29.8 Å². The van der Waals surface area contributed by atoms with Crippen molar-refractivity contribution in [2.75, 3.05) is 0 Å². The van der Waals surface area contributed by atoms with Crippen LogP contribution in [0.3, 0.4) is 0 Å². The molecule has 0 aliphatic carbocycles. The molecule has 0 aliphatic rings. The van der Waals surface area contributed by atoms with Gasteiger partial charge in [0.15, 0.2) is 0 Å². The summed E-state index contributed by atoms with van der Waals surface area (Å²) in [7, 11) is -6.17. The van der Waals surface area contributed by atoms with Gasteiger partial charge in [-0.2, -0.15) is 0 Å². The van der Waals surface area contributed by atoms with E-state index in [2.05, 4.69) is 364 Å². The molecular formula is C78H60As3FeN6. The molecule has 10 heteroatoms. The van der Waals surface area contributed by atoms with Crippen LogP contribution >= 0.6 is 0 Å². The minimum absolute atomic E-state index is 1.03. The van der Waals surface area contributed by atoms with E-state index in [9.17, 15) is 0 Å². The van der Waals surface area contributed by atoms with E-state index in [-0.39, 0.29) is 0 Å². The second-order valence-electron chi connectivity index (χ2n) is 19.8. The summed E-state index contributed by atoms with van der Waals surface area (Å²) in [5.74, 6) is 0. The van der Waals surface area contributed by atoms with Crippen molar-refractivity contribution in [2.45, 2.75) is 0 Å². The molecule has 0 spiro atoms. The average Bonchev–Trinajstić information content (AvgIpc) is 0.769. The van der Waals surface area contributed by atoms with E-state index in [1.54, 1.807) is 0 Å². The normalized spacial score (nSPS) is 11.5.